The first kappa shape index (κ1) is 12.7. The van der Waals surface area contributed by atoms with Crippen LogP contribution in [0.4, 0.5) is 0 Å². The number of hydrogen-bond acceptors (Lipinski definition) is 2. The van der Waals surface area contributed by atoms with Gasteiger partial charge in [-0.25, -0.2) is 9.78 Å². The van der Waals surface area contributed by atoms with E-state index in [1.165, 1.54) is 12.1 Å². The number of fused-ring (bicyclic) bond motifs is 1. The van der Waals surface area contributed by atoms with Crippen molar-refractivity contribution >= 4 is 28.5 Å². The molecule has 0 aliphatic rings. The maximum absolute atomic E-state index is 11.1. The second-order valence-corrected chi connectivity index (χ2v) is 4.96. The number of nitrogens with zero attached hydrogens (tertiary/aromatic N) is 2. The molecule has 5 heteroatoms. The quantitative estimate of drug-likeness (QED) is 0.733. The summed E-state index contributed by atoms with van der Waals surface area (Å²) in [6.45, 7) is 0. The number of aromatic nitrogens is 2. The molecular weight excluding hydrogens is 276 g/mol. The molecule has 0 aliphatic heterocycles. The number of carbonyl (C=O) groups is 1. The van der Waals surface area contributed by atoms with Gasteiger partial charge in [0.05, 0.1) is 11.3 Å². The molecule has 0 saturated heterocycles. The van der Waals surface area contributed by atoms with Crippen LogP contribution in [0.5, 0.6) is 0 Å². The molecule has 3 aromatic rings. The van der Waals surface area contributed by atoms with Crippen molar-refractivity contribution in [3.8, 4) is 11.3 Å². The second kappa shape index (κ2) is 4.65. The molecule has 20 heavy (non-hydrogen) atoms. The van der Waals surface area contributed by atoms with Crippen LogP contribution < -0.4 is 0 Å². The number of carboxylic acid groups (broad SMARTS) is 1. The Morgan fingerprint density at radius 1 is 1.25 bits per heavy atom. The van der Waals surface area contributed by atoms with E-state index >= 15 is 0 Å². The number of pyridine rings is 1. The zero-order valence-electron chi connectivity index (χ0n) is 10.7. The average Bonchev–Trinajstić information content (AvgIpc) is 2.79. The van der Waals surface area contributed by atoms with E-state index in [4.69, 9.17) is 16.7 Å². The van der Waals surface area contributed by atoms with Gasteiger partial charge in [-0.05, 0) is 30.3 Å². The Morgan fingerprint density at radius 2 is 2.05 bits per heavy atom. The predicted octanol–water partition coefficient (Wildman–Crippen LogP) is 3.59. The smallest absolute Gasteiger partial charge is 0.335 e. The van der Waals surface area contributed by atoms with Crippen molar-refractivity contribution < 1.29 is 9.90 Å². The normalized spacial score (nSPS) is 10.9. The molecule has 4 nitrogen and oxygen atoms in total. The van der Waals surface area contributed by atoms with E-state index < -0.39 is 5.97 Å². The first-order valence-corrected chi connectivity index (χ1v) is 6.39. The highest BCUT2D eigenvalue weighted by Gasteiger charge is 2.10. The molecule has 0 radical (unpaired) electrons. The highest BCUT2D eigenvalue weighted by Crippen LogP contribution is 2.25. The van der Waals surface area contributed by atoms with E-state index in [0.717, 1.165) is 16.5 Å². The van der Waals surface area contributed by atoms with E-state index in [0.29, 0.717) is 5.69 Å². The fourth-order valence-electron chi connectivity index (χ4n) is 2.21. The summed E-state index contributed by atoms with van der Waals surface area (Å²) in [5.41, 5.74) is 2.64. The van der Waals surface area contributed by atoms with Crippen LogP contribution in [0, 0.1) is 0 Å². The second-order valence-electron chi connectivity index (χ2n) is 4.57. The number of hydrogen-bond donors (Lipinski definition) is 1. The van der Waals surface area contributed by atoms with Gasteiger partial charge in [0.25, 0.3) is 0 Å². The van der Waals surface area contributed by atoms with Crippen molar-refractivity contribution in [2.24, 2.45) is 7.05 Å². The lowest BCUT2D eigenvalue weighted by atomic mass is 10.1. The molecule has 0 fully saturated rings. The van der Waals surface area contributed by atoms with Crippen LogP contribution in [-0.2, 0) is 7.05 Å². The van der Waals surface area contributed by atoms with Crippen LogP contribution in [0.15, 0.2) is 42.6 Å². The van der Waals surface area contributed by atoms with Gasteiger partial charge in [-0.15, -0.1) is 0 Å². The summed E-state index contributed by atoms with van der Waals surface area (Å²) < 4.78 is 2.02. The summed E-state index contributed by atoms with van der Waals surface area (Å²) in [5.74, 6) is -1.02. The van der Waals surface area contributed by atoms with Gasteiger partial charge >= 0.3 is 5.97 Å². The lowest BCUT2D eigenvalue weighted by Crippen LogP contribution is -1.98. The Labute approximate surface area is 120 Å². The van der Waals surface area contributed by atoms with Crippen molar-refractivity contribution in [3.05, 3.63) is 53.3 Å². The molecular formula is C15H11ClN2O2. The third-order valence-electron chi connectivity index (χ3n) is 3.22. The minimum Gasteiger partial charge on any atom is -0.478 e. The molecule has 0 atom stereocenters. The van der Waals surface area contributed by atoms with Crippen molar-refractivity contribution in [2.75, 3.05) is 0 Å². The van der Waals surface area contributed by atoms with Crippen molar-refractivity contribution in [3.63, 3.8) is 0 Å². The number of rotatable bonds is 2. The van der Waals surface area contributed by atoms with Crippen LogP contribution in [0.1, 0.15) is 10.4 Å². The lowest BCUT2D eigenvalue weighted by Gasteiger charge is -2.05. The van der Waals surface area contributed by atoms with Crippen LogP contribution in [0.2, 0.25) is 5.15 Å². The summed E-state index contributed by atoms with van der Waals surface area (Å²) in [4.78, 5) is 15.3. The maximum atomic E-state index is 11.1. The van der Waals surface area contributed by atoms with E-state index in [1.807, 2.05) is 42.1 Å². The number of halogens is 1. The first-order valence-electron chi connectivity index (χ1n) is 6.01. The van der Waals surface area contributed by atoms with Crippen molar-refractivity contribution in [1.29, 1.82) is 0 Å². The number of aryl methyl sites for hydroxylation is 1. The largest absolute Gasteiger partial charge is 0.478 e. The standard InChI is InChI=1S/C15H11ClN2O2/c1-18-5-4-10-6-9(2-3-13(10)18)12-7-11(15(19)20)8-14(16)17-12/h2-8H,1H3,(H,19,20). The monoisotopic (exact) mass is 286 g/mol. The molecule has 100 valence electrons. The fraction of sp³-hybridized carbons (Fsp3) is 0.0667. The molecule has 1 N–H and O–H groups in total. The van der Waals surface area contributed by atoms with Gasteiger partial charge in [0.15, 0.2) is 0 Å². The third-order valence-corrected chi connectivity index (χ3v) is 3.42. The van der Waals surface area contributed by atoms with Crippen LogP contribution in [0.3, 0.4) is 0 Å². The minimum absolute atomic E-state index is 0.133. The number of aromatic carboxylic acids is 1. The Hall–Kier alpha value is -2.33. The van der Waals surface area contributed by atoms with Gasteiger partial charge in [0.1, 0.15) is 5.15 Å². The van der Waals surface area contributed by atoms with Gasteiger partial charge in [-0.1, -0.05) is 17.7 Å². The summed E-state index contributed by atoms with van der Waals surface area (Å²) in [7, 11) is 1.97. The molecule has 0 bridgehead atoms. The fourth-order valence-corrected chi connectivity index (χ4v) is 2.42. The minimum atomic E-state index is -1.02. The van der Waals surface area contributed by atoms with Crippen molar-refractivity contribution in [1.82, 2.24) is 9.55 Å². The number of carboxylic acids is 1. The Morgan fingerprint density at radius 3 is 2.80 bits per heavy atom. The molecule has 0 aliphatic carbocycles. The zero-order chi connectivity index (χ0) is 14.3. The summed E-state index contributed by atoms with van der Waals surface area (Å²) in [5, 5.41) is 10.3. The SMILES string of the molecule is Cn1ccc2cc(-c3cc(C(=O)O)cc(Cl)n3)ccc21. The van der Waals surface area contributed by atoms with E-state index in [9.17, 15) is 4.79 Å². The molecule has 0 saturated carbocycles. The predicted molar refractivity (Wildman–Crippen MR) is 78.1 cm³/mol. The van der Waals surface area contributed by atoms with Gasteiger partial charge in [-0.3, -0.25) is 0 Å². The van der Waals surface area contributed by atoms with Gasteiger partial charge in [0, 0.05) is 29.7 Å². The summed E-state index contributed by atoms with van der Waals surface area (Å²) >= 11 is 5.89. The van der Waals surface area contributed by atoms with Crippen LogP contribution in [0.25, 0.3) is 22.2 Å². The van der Waals surface area contributed by atoms with Gasteiger partial charge in [0.2, 0.25) is 0 Å². The van der Waals surface area contributed by atoms with Crippen molar-refractivity contribution in [2.45, 2.75) is 0 Å². The number of benzene rings is 1. The van der Waals surface area contributed by atoms with E-state index in [-0.39, 0.29) is 10.7 Å². The highest BCUT2D eigenvalue weighted by atomic mass is 35.5. The maximum Gasteiger partial charge on any atom is 0.335 e. The van der Waals surface area contributed by atoms with E-state index in [1.54, 1.807) is 0 Å². The molecule has 2 aromatic heterocycles. The van der Waals surface area contributed by atoms with E-state index in [2.05, 4.69) is 4.98 Å². The zero-order valence-corrected chi connectivity index (χ0v) is 11.4. The Bertz CT molecular complexity index is 824. The molecule has 3 rings (SSSR count). The lowest BCUT2D eigenvalue weighted by molar-refractivity contribution is 0.0697. The topological polar surface area (TPSA) is 55.1 Å². The van der Waals surface area contributed by atoms with Gasteiger partial charge < -0.3 is 9.67 Å². The molecule has 0 amide bonds. The molecule has 2 heterocycles. The van der Waals surface area contributed by atoms with Crippen LogP contribution in [-0.4, -0.2) is 20.6 Å². The molecule has 1 aromatic carbocycles. The Balaban J connectivity index is 2.17. The van der Waals surface area contributed by atoms with Gasteiger partial charge in [-0.2, -0.15) is 0 Å². The first-order chi connectivity index (χ1) is 9.54. The third kappa shape index (κ3) is 2.14. The summed E-state index contributed by atoms with van der Waals surface area (Å²) in [6, 6.07) is 10.7. The average molecular weight is 287 g/mol. The summed E-state index contributed by atoms with van der Waals surface area (Å²) in [6.07, 6.45) is 1.97. The highest BCUT2D eigenvalue weighted by molar-refractivity contribution is 6.29. The van der Waals surface area contributed by atoms with Crippen LogP contribution >= 0.6 is 11.6 Å². The molecule has 0 unspecified atom stereocenters. The molecule has 0 spiro atoms. The Kier molecular flexibility index (Phi) is 2.95.